The van der Waals surface area contributed by atoms with Gasteiger partial charge in [-0.3, -0.25) is 9.69 Å². The number of amides is 1. The predicted octanol–water partition coefficient (Wildman–Crippen LogP) is 7.42. The average molecular weight is 520 g/mol. The SMILES string of the molecule is CCCCCCCN1C(=O)/C(=C/c2cn(-c3ccccc3)nc2-c2ccc(OCC)cc2C)SC1=S. The fraction of sp³-hybridized carbons (Fsp3) is 0.345. The van der Waals surface area contributed by atoms with Gasteiger partial charge in [-0.15, -0.1) is 0 Å². The van der Waals surface area contributed by atoms with Crippen molar-refractivity contribution < 1.29 is 9.53 Å². The molecule has 1 aliphatic rings. The zero-order valence-electron chi connectivity index (χ0n) is 21.2. The number of benzene rings is 2. The number of ether oxygens (including phenoxy) is 1. The minimum atomic E-state index is -0.0117. The Bertz CT molecular complexity index is 1250. The number of unbranched alkanes of at least 4 members (excludes halogenated alkanes) is 4. The molecular weight excluding hydrogens is 486 g/mol. The maximum absolute atomic E-state index is 13.3. The lowest BCUT2D eigenvalue weighted by Gasteiger charge is -2.13. The van der Waals surface area contributed by atoms with Crippen LogP contribution in [0.2, 0.25) is 0 Å². The van der Waals surface area contributed by atoms with Crippen molar-refractivity contribution in [3.8, 4) is 22.7 Å². The second-order valence-corrected chi connectivity index (χ2v) is 10.5. The fourth-order valence-electron chi connectivity index (χ4n) is 4.28. The summed E-state index contributed by atoms with van der Waals surface area (Å²) in [6.45, 7) is 7.54. The predicted molar refractivity (Wildman–Crippen MR) is 154 cm³/mol. The van der Waals surface area contributed by atoms with Gasteiger partial charge >= 0.3 is 0 Å². The van der Waals surface area contributed by atoms with E-state index < -0.39 is 0 Å². The third-order valence-corrected chi connectivity index (χ3v) is 7.55. The average Bonchev–Trinajstić information content (AvgIpc) is 3.41. The number of thioether (sulfide) groups is 1. The molecule has 5 nitrogen and oxygen atoms in total. The van der Waals surface area contributed by atoms with Crippen LogP contribution in [0, 0.1) is 6.92 Å². The van der Waals surface area contributed by atoms with Crippen LogP contribution in [-0.2, 0) is 4.79 Å². The molecule has 0 aliphatic carbocycles. The number of carbonyl (C=O) groups excluding carboxylic acids is 1. The van der Waals surface area contributed by atoms with E-state index in [1.54, 1.807) is 4.90 Å². The minimum Gasteiger partial charge on any atom is -0.494 e. The van der Waals surface area contributed by atoms with E-state index in [1.165, 1.54) is 31.0 Å². The highest BCUT2D eigenvalue weighted by atomic mass is 32.2. The summed E-state index contributed by atoms with van der Waals surface area (Å²) in [6.07, 6.45) is 9.65. The lowest BCUT2D eigenvalue weighted by molar-refractivity contribution is -0.122. The van der Waals surface area contributed by atoms with Gasteiger partial charge in [0.15, 0.2) is 0 Å². The van der Waals surface area contributed by atoms with Crippen LogP contribution in [0.25, 0.3) is 23.0 Å². The second-order valence-electron chi connectivity index (χ2n) is 8.87. The van der Waals surface area contributed by atoms with Crippen LogP contribution in [0.15, 0.2) is 59.6 Å². The number of carbonyl (C=O) groups is 1. The first-order chi connectivity index (χ1) is 17.5. The summed E-state index contributed by atoms with van der Waals surface area (Å²) >= 11 is 6.95. The van der Waals surface area contributed by atoms with Crippen LogP contribution in [0.5, 0.6) is 5.75 Å². The minimum absolute atomic E-state index is 0.0117. The molecule has 188 valence electrons. The van der Waals surface area contributed by atoms with Gasteiger partial charge in [-0.1, -0.05) is 74.8 Å². The molecule has 0 atom stereocenters. The van der Waals surface area contributed by atoms with E-state index >= 15 is 0 Å². The van der Waals surface area contributed by atoms with Crippen LogP contribution in [-0.4, -0.2) is 38.1 Å². The third-order valence-electron chi connectivity index (χ3n) is 6.17. The number of rotatable bonds is 11. The summed E-state index contributed by atoms with van der Waals surface area (Å²) < 4.78 is 8.18. The van der Waals surface area contributed by atoms with Gasteiger partial charge in [-0.25, -0.2) is 4.68 Å². The number of aromatic nitrogens is 2. The summed E-state index contributed by atoms with van der Waals surface area (Å²) in [4.78, 5) is 15.6. The number of hydrogen-bond acceptors (Lipinski definition) is 5. The fourth-order valence-corrected chi connectivity index (χ4v) is 5.58. The van der Waals surface area contributed by atoms with Gasteiger partial charge in [0.1, 0.15) is 15.8 Å². The van der Waals surface area contributed by atoms with Gasteiger partial charge in [0, 0.05) is 23.9 Å². The highest BCUT2D eigenvalue weighted by Gasteiger charge is 2.32. The molecule has 0 N–H and O–H groups in total. The van der Waals surface area contributed by atoms with Gasteiger partial charge in [0.2, 0.25) is 0 Å². The molecule has 1 aromatic heterocycles. The maximum atomic E-state index is 13.3. The lowest BCUT2D eigenvalue weighted by Crippen LogP contribution is -2.29. The third kappa shape index (κ3) is 6.08. The molecule has 7 heteroatoms. The van der Waals surface area contributed by atoms with Crippen LogP contribution in [0.4, 0.5) is 0 Å². The van der Waals surface area contributed by atoms with Crippen molar-refractivity contribution in [3.63, 3.8) is 0 Å². The number of thiocarbonyl (C=S) groups is 1. The van der Waals surface area contributed by atoms with Crippen molar-refractivity contribution in [2.24, 2.45) is 0 Å². The first-order valence-electron chi connectivity index (χ1n) is 12.7. The Balaban J connectivity index is 1.66. The molecule has 3 aromatic rings. The van der Waals surface area contributed by atoms with E-state index in [4.69, 9.17) is 22.1 Å². The van der Waals surface area contributed by atoms with Crippen molar-refractivity contribution in [3.05, 3.63) is 70.8 Å². The van der Waals surface area contributed by atoms with Crippen molar-refractivity contribution in [2.75, 3.05) is 13.2 Å². The molecule has 4 rings (SSSR count). The Labute approximate surface area is 223 Å². The highest BCUT2D eigenvalue weighted by molar-refractivity contribution is 8.26. The zero-order valence-corrected chi connectivity index (χ0v) is 22.8. The van der Waals surface area contributed by atoms with Gasteiger partial charge in [-0.05, 0) is 62.2 Å². The van der Waals surface area contributed by atoms with Crippen molar-refractivity contribution in [1.82, 2.24) is 14.7 Å². The van der Waals surface area contributed by atoms with E-state index in [0.29, 0.717) is 22.4 Å². The van der Waals surface area contributed by atoms with Gasteiger partial charge in [-0.2, -0.15) is 5.10 Å². The standard InChI is InChI=1S/C29H33N3O2S2/c1-4-6-7-8-12-17-31-28(33)26(36-29(31)35)19-22-20-32(23-13-10-9-11-14-23)30-27(22)25-16-15-24(34-5-2)18-21(25)3/h9-11,13-16,18-20H,4-8,12,17H2,1-3H3/b26-19-. The Kier molecular flexibility index (Phi) is 8.99. The van der Waals surface area contributed by atoms with Gasteiger partial charge in [0.25, 0.3) is 5.91 Å². The molecule has 1 amide bonds. The summed E-state index contributed by atoms with van der Waals surface area (Å²) in [7, 11) is 0. The van der Waals surface area contributed by atoms with E-state index in [-0.39, 0.29) is 5.91 Å². The van der Waals surface area contributed by atoms with Crippen LogP contribution in [0.3, 0.4) is 0 Å². The summed E-state index contributed by atoms with van der Waals surface area (Å²) in [5, 5.41) is 4.93. The van der Waals surface area contributed by atoms with Crippen LogP contribution < -0.4 is 4.74 Å². The summed E-state index contributed by atoms with van der Waals surface area (Å²) in [5.41, 5.74) is 4.74. The van der Waals surface area contributed by atoms with Crippen molar-refractivity contribution in [1.29, 1.82) is 0 Å². The highest BCUT2D eigenvalue weighted by Crippen LogP contribution is 2.36. The summed E-state index contributed by atoms with van der Waals surface area (Å²) in [6, 6.07) is 16.0. The molecule has 1 saturated heterocycles. The molecular formula is C29H33N3O2S2. The summed E-state index contributed by atoms with van der Waals surface area (Å²) in [5.74, 6) is 0.824. The Morgan fingerprint density at radius 1 is 1.06 bits per heavy atom. The molecule has 0 unspecified atom stereocenters. The molecule has 0 radical (unpaired) electrons. The molecule has 0 bridgehead atoms. The Morgan fingerprint density at radius 3 is 2.56 bits per heavy atom. The topological polar surface area (TPSA) is 47.4 Å². The molecule has 2 aromatic carbocycles. The second kappa shape index (κ2) is 12.4. The molecule has 1 fully saturated rings. The van der Waals surface area contributed by atoms with Gasteiger partial charge < -0.3 is 4.74 Å². The van der Waals surface area contributed by atoms with E-state index in [0.717, 1.165) is 46.7 Å². The largest absolute Gasteiger partial charge is 0.494 e. The first-order valence-corrected chi connectivity index (χ1v) is 13.9. The number of nitrogens with zero attached hydrogens (tertiary/aromatic N) is 3. The molecule has 1 aliphatic heterocycles. The van der Waals surface area contributed by atoms with E-state index in [1.807, 2.05) is 72.4 Å². The van der Waals surface area contributed by atoms with Crippen LogP contribution in [0.1, 0.15) is 57.1 Å². The van der Waals surface area contributed by atoms with Crippen LogP contribution >= 0.6 is 24.0 Å². The Hall–Kier alpha value is -2.90. The van der Waals surface area contributed by atoms with Crippen molar-refractivity contribution >= 4 is 40.3 Å². The van der Waals surface area contributed by atoms with Crippen molar-refractivity contribution in [2.45, 2.75) is 52.9 Å². The molecule has 36 heavy (non-hydrogen) atoms. The molecule has 2 heterocycles. The smallest absolute Gasteiger partial charge is 0.266 e. The lowest BCUT2D eigenvalue weighted by atomic mass is 10.0. The van der Waals surface area contributed by atoms with E-state index in [2.05, 4.69) is 13.8 Å². The van der Waals surface area contributed by atoms with E-state index in [9.17, 15) is 4.79 Å². The normalized spacial score (nSPS) is 14.8. The number of para-hydroxylation sites is 1. The zero-order chi connectivity index (χ0) is 25.5. The monoisotopic (exact) mass is 519 g/mol. The number of aryl methyl sites for hydroxylation is 1. The molecule has 0 saturated carbocycles. The molecule has 0 spiro atoms. The van der Waals surface area contributed by atoms with Gasteiger partial charge in [0.05, 0.1) is 17.2 Å². The number of hydrogen-bond donors (Lipinski definition) is 0. The first kappa shape index (κ1) is 26.2. The quantitative estimate of drug-likeness (QED) is 0.150. The maximum Gasteiger partial charge on any atom is 0.266 e. The Morgan fingerprint density at radius 2 is 1.83 bits per heavy atom.